The van der Waals surface area contributed by atoms with Gasteiger partial charge in [-0.25, -0.2) is 0 Å². The van der Waals surface area contributed by atoms with Crippen molar-refractivity contribution in [3.63, 3.8) is 0 Å². The number of rotatable bonds is 4. The minimum Gasteiger partial charge on any atom is -0.390 e. The van der Waals surface area contributed by atoms with Crippen LogP contribution in [0.5, 0.6) is 0 Å². The first-order chi connectivity index (χ1) is 5.06. The molecule has 0 aliphatic carbocycles. The summed E-state index contributed by atoms with van der Waals surface area (Å²) in [6.45, 7) is 5.65. The number of aliphatic hydroxyl groups is 1. The van der Waals surface area contributed by atoms with Crippen molar-refractivity contribution in [2.45, 2.75) is 39.2 Å². The van der Waals surface area contributed by atoms with Gasteiger partial charge in [0.15, 0.2) is 0 Å². The van der Waals surface area contributed by atoms with Crippen molar-refractivity contribution in [1.29, 1.82) is 0 Å². The van der Waals surface area contributed by atoms with Crippen LogP contribution >= 0.6 is 0 Å². The van der Waals surface area contributed by atoms with Crippen molar-refractivity contribution in [1.82, 2.24) is 0 Å². The third kappa shape index (κ3) is 9.44. The summed E-state index contributed by atoms with van der Waals surface area (Å²) in [6, 6.07) is 0. The zero-order valence-electron chi connectivity index (χ0n) is 7.67. The predicted octanol–water partition coefficient (Wildman–Crippen LogP) is 2.67. The van der Waals surface area contributed by atoms with Crippen molar-refractivity contribution in [3.8, 4) is 0 Å². The maximum absolute atomic E-state index is 9.32. The van der Waals surface area contributed by atoms with Gasteiger partial charge in [0.1, 0.15) is 0 Å². The first-order valence-electron chi connectivity index (χ1n) is 4.06. The van der Waals surface area contributed by atoms with Gasteiger partial charge < -0.3 is 5.11 Å². The van der Waals surface area contributed by atoms with Gasteiger partial charge in [0.2, 0.25) is 0 Å². The van der Waals surface area contributed by atoms with E-state index in [1.54, 1.807) is 0 Å². The van der Waals surface area contributed by atoms with E-state index in [0.29, 0.717) is 0 Å². The van der Waals surface area contributed by atoms with Gasteiger partial charge in [-0.3, -0.25) is 0 Å². The second-order valence-corrected chi connectivity index (χ2v) is 3.31. The van der Waals surface area contributed by atoms with Crippen LogP contribution in [0.15, 0.2) is 24.3 Å². The summed E-state index contributed by atoms with van der Waals surface area (Å²) in [5, 5.41) is 9.32. The Kier molecular flexibility index (Phi) is 4.88. The molecule has 0 aromatic rings. The van der Waals surface area contributed by atoms with Crippen LogP contribution in [0.2, 0.25) is 0 Å². The Hall–Kier alpha value is -0.560. The van der Waals surface area contributed by atoms with Crippen LogP contribution in [0.1, 0.15) is 33.6 Å². The fourth-order valence-corrected chi connectivity index (χ4v) is 0.722. The van der Waals surface area contributed by atoms with Gasteiger partial charge in [0, 0.05) is 0 Å². The molecule has 0 radical (unpaired) electrons. The fraction of sp³-hybridized carbons (Fsp3) is 0.600. The van der Waals surface area contributed by atoms with Crippen LogP contribution in [0.25, 0.3) is 0 Å². The molecule has 0 saturated carbocycles. The van der Waals surface area contributed by atoms with Crippen LogP contribution in [-0.2, 0) is 0 Å². The molecule has 1 heteroatoms. The Morgan fingerprint density at radius 1 is 1.27 bits per heavy atom. The molecule has 0 aromatic heterocycles. The lowest BCUT2D eigenvalue weighted by Gasteiger charge is -2.14. The maximum atomic E-state index is 9.32. The topological polar surface area (TPSA) is 20.2 Å². The third-order valence-corrected chi connectivity index (χ3v) is 1.36. The molecule has 0 unspecified atom stereocenters. The minimum absolute atomic E-state index is 0.528. The molecule has 1 N–H and O–H groups in total. The van der Waals surface area contributed by atoms with Gasteiger partial charge in [-0.15, -0.1) is 0 Å². The van der Waals surface area contributed by atoms with Crippen molar-refractivity contribution >= 4 is 0 Å². The zero-order valence-corrected chi connectivity index (χ0v) is 7.67. The van der Waals surface area contributed by atoms with Crippen LogP contribution in [0.3, 0.4) is 0 Å². The average molecular weight is 154 g/mol. The van der Waals surface area contributed by atoms with E-state index in [1.165, 1.54) is 0 Å². The summed E-state index contributed by atoms with van der Waals surface area (Å²) >= 11 is 0. The molecule has 0 heterocycles. The summed E-state index contributed by atoms with van der Waals surface area (Å²) in [4.78, 5) is 0. The SMILES string of the molecule is C/C=C/C=C/CCC(C)(C)O. The molecule has 0 saturated heterocycles. The highest BCUT2D eigenvalue weighted by atomic mass is 16.3. The lowest BCUT2D eigenvalue weighted by Crippen LogP contribution is -2.17. The first-order valence-corrected chi connectivity index (χ1v) is 4.06. The Bertz CT molecular complexity index is 137. The lowest BCUT2D eigenvalue weighted by molar-refractivity contribution is 0.0721. The Morgan fingerprint density at radius 2 is 1.91 bits per heavy atom. The molecule has 0 aliphatic heterocycles. The molecule has 0 aliphatic rings. The Balaban J connectivity index is 3.42. The molecule has 0 aromatic carbocycles. The van der Waals surface area contributed by atoms with Crippen LogP contribution in [0.4, 0.5) is 0 Å². The summed E-state index contributed by atoms with van der Waals surface area (Å²) < 4.78 is 0. The van der Waals surface area contributed by atoms with E-state index in [9.17, 15) is 5.11 Å². The van der Waals surface area contributed by atoms with Crippen molar-refractivity contribution in [2.75, 3.05) is 0 Å². The van der Waals surface area contributed by atoms with Crippen LogP contribution in [0, 0.1) is 0 Å². The molecule has 0 bridgehead atoms. The van der Waals surface area contributed by atoms with E-state index in [2.05, 4.69) is 6.08 Å². The molecular formula is C10H18O. The van der Waals surface area contributed by atoms with Crippen molar-refractivity contribution in [3.05, 3.63) is 24.3 Å². The zero-order chi connectivity index (χ0) is 8.74. The monoisotopic (exact) mass is 154 g/mol. The lowest BCUT2D eigenvalue weighted by atomic mass is 10.0. The van der Waals surface area contributed by atoms with Crippen LogP contribution < -0.4 is 0 Å². The molecule has 11 heavy (non-hydrogen) atoms. The quantitative estimate of drug-likeness (QED) is 0.617. The molecule has 0 fully saturated rings. The minimum atomic E-state index is -0.528. The molecule has 0 spiro atoms. The normalized spacial score (nSPS) is 13.5. The van der Waals surface area contributed by atoms with E-state index in [1.807, 2.05) is 39.0 Å². The van der Waals surface area contributed by atoms with Gasteiger partial charge in [-0.2, -0.15) is 0 Å². The van der Waals surface area contributed by atoms with Gasteiger partial charge in [-0.05, 0) is 33.6 Å². The number of hydrogen-bond donors (Lipinski definition) is 1. The van der Waals surface area contributed by atoms with Gasteiger partial charge >= 0.3 is 0 Å². The van der Waals surface area contributed by atoms with Gasteiger partial charge in [0.05, 0.1) is 5.60 Å². The Morgan fingerprint density at radius 3 is 2.36 bits per heavy atom. The summed E-state index contributed by atoms with van der Waals surface area (Å²) in [7, 11) is 0. The number of hydrogen-bond acceptors (Lipinski definition) is 1. The molecular weight excluding hydrogens is 136 g/mol. The fourth-order valence-electron chi connectivity index (χ4n) is 0.722. The first kappa shape index (κ1) is 10.4. The summed E-state index contributed by atoms with van der Waals surface area (Å²) in [5.74, 6) is 0. The van der Waals surface area contributed by atoms with E-state index in [4.69, 9.17) is 0 Å². The number of allylic oxidation sites excluding steroid dienone is 4. The highest BCUT2D eigenvalue weighted by molar-refractivity contribution is 5.01. The third-order valence-electron chi connectivity index (χ3n) is 1.36. The molecule has 0 amide bonds. The average Bonchev–Trinajstić information content (AvgIpc) is 1.85. The van der Waals surface area contributed by atoms with E-state index in [0.717, 1.165) is 12.8 Å². The summed E-state index contributed by atoms with van der Waals surface area (Å²) in [5.41, 5.74) is -0.528. The van der Waals surface area contributed by atoms with Gasteiger partial charge in [0.25, 0.3) is 0 Å². The largest absolute Gasteiger partial charge is 0.390 e. The highest BCUT2D eigenvalue weighted by Gasteiger charge is 2.09. The van der Waals surface area contributed by atoms with Gasteiger partial charge in [-0.1, -0.05) is 24.3 Å². The molecule has 0 rings (SSSR count). The second kappa shape index (κ2) is 5.14. The smallest absolute Gasteiger partial charge is 0.0594 e. The van der Waals surface area contributed by atoms with E-state index in [-0.39, 0.29) is 0 Å². The van der Waals surface area contributed by atoms with Crippen molar-refractivity contribution < 1.29 is 5.11 Å². The predicted molar refractivity (Wildman–Crippen MR) is 49.5 cm³/mol. The second-order valence-electron chi connectivity index (χ2n) is 3.31. The highest BCUT2D eigenvalue weighted by Crippen LogP contribution is 2.10. The van der Waals surface area contributed by atoms with Crippen LogP contribution in [-0.4, -0.2) is 10.7 Å². The molecule has 1 nitrogen and oxygen atoms in total. The molecule has 0 atom stereocenters. The standard InChI is InChI=1S/C10H18O/c1-4-5-6-7-8-9-10(2,3)11/h4-7,11H,8-9H2,1-3H3/b5-4+,7-6+. The Labute approximate surface area is 69.4 Å². The van der Waals surface area contributed by atoms with Crippen molar-refractivity contribution in [2.24, 2.45) is 0 Å². The van der Waals surface area contributed by atoms with E-state index >= 15 is 0 Å². The van der Waals surface area contributed by atoms with E-state index < -0.39 is 5.60 Å². The summed E-state index contributed by atoms with van der Waals surface area (Å²) in [6.07, 6.45) is 9.81. The molecule has 64 valence electrons. The maximum Gasteiger partial charge on any atom is 0.0594 e.